The van der Waals surface area contributed by atoms with Crippen LogP contribution >= 0.6 is 15.9 Å². The van der Waals surface area contributed by atoms with Crippen LogP contribution in [0.2, 0.25) is 0 Å². The lowest BCUT2D eigenvalue weighted by atomic mass is 10.0. The van der Waals surface area contributed by atoms with Gasteiger partial charge in [0.25, 0.3) is 0 Å². The Morgan fingerprint density at radius 1 is 1.38 bits per heavy atom. The Balaban J connectivity index is 2.59. The molecule has 0 aliphatic rings. The molecule has 1 heterocycles. The second kappa shape index (κ2) is 4.29. The number of hydrogen-bond acceptors (Lipinski definition) is 2. The Morgan fingerprint density at radius 3 is 2.69 bits per heavy atom. The number of aromatic nitrogens is 2. The van der Waals surface area contributed by atoms with Crippen LogP contribution in [0.4, 0.5) is 5.82 Å². The number of nitrogens with zero attached hydrogens (tertiary/aromatic N) is 2. The van der Waals surface area contributed by atoms with Gasteiger partial charge in [-0.3, -0.25) is 4.68 Å². The van der Waals surface area contributed by atoms with E-state index in [1.54, 1.807) is 4.68 Å². The summed E-state index contributed by atoms with van der Waals surface area (Å²) in [6.07, 6.45) is 2.79. The lowest BCUT2D eigenvalue weighted by Gasteiger charge is -2.07. The first-order chi connectivity index (χ1) is 7.63. The van der Waals surface area contributed by atoms with Crippen LogP contribution in [0.1, 0.15) is 12.5 Å². The fraction of sp³-hybridized carbons (Fsp3) is 0.250. The van der Waals surface area contributed by atoms with E-state index in [2.05, 4.69) is 40.1 Å². The molecule has 0 unspecified atom stereocenters. The number of benzene rings is 1. The summed E-state index contributed by atoms with van der Waals surface area (Å²) in [4.78, 5) is 0. The molecule has 0 saturated heterocycles. The van der Waals surface area contributed by atoms with E-state index in [-0.39, 0.29) is 0 Å². The van der Waals surface area contributed by atoms with Gasteiger partial charge in [0.1, 0.15) is 5.82 Å². The molecule has 0 aliphatic carbocycles. The van der Waals surface area contributed by atoms with Crippen molar-refractivity contribution in [2.75, 3.05) is 5.73 Å². The minimum absolute atomic E-state index is 0.706. The van der Waals surface area contributed by atoms with Crippen molar-refractivity contribution in [1.82, 2.24) is 9.78 Å². The Hall–Kier alpha value is -1.29. The normalized spacial score (nSPS) is 10.7. The van der Waals surface area contributed by atoms with Crippen LogP contribution in [0.3, 0.4) is 0 Å². The second-order valence-corrected chi connectivity index (χ2v) is 4.64. The molecule has 1 aromatic heterocycles. The summed E-state index contributed by atoms with van der Waals surface area (Å²) < 4.78 is 2.78. The molecule has 16 heavy (non-hydrogen) atoms. The third-order valence-corrected chi connectivity index (χ3v) is 3.22. The van der Waals surface area contributed by atoms with Crippen LogP contribution in [0.15, 0.2) is 28.9 Å². The maximum atomic E-state index is 5.99. The van der Waals surface area contributed by atoms with Crippen LogP contribution in [0.5, 0.6) is 0 Å². The summed E-state index contributed by atoms with van der Waals surface area (Å²) in [5.41, 5.74) is 9.43. The second-order valence-electron chi connectivity index (χ2n) is 3.72. The van der Waals surface area contributed by atoms with Gasteiger partial charge in [0.15, 0.2) is 0 Å². The number of rotatable bonds is 2. The third kappa shape index (κ3) is 1.85. The van der Waals surface area contributed by atoms with E-state index in [0.717, 1.165) is 22.0 Å². The lowest BCUT2D eigenvalue weighted by Crippen LogP contribution is -1.98. The van der Waals surface area contributed by atoms with Crippen molar-refractivity contribution >= 4 is 21.7 Å². The van der Waals surface area contributed by atoms with E-state index in [1.807, 2.05) is 19.3 Å². The summed E-state index contributed by atoms with van der Waals surface area (Å²) in [6, 6.07) is 6.24. The van der Waals surface area contributed by atoms with Crippen LogP contribution in [-0.2, 0) is 13.5 Å². The van der Waals surface area contributed by atoms with E-state index < -0.39 is 0 Å². The first kappa shape index (κ1) is 11.2. The van der Waals surface area contributed by atoms with Gasteiger partial charge >= 0.3 is 0 Å². The number of anilines is 1. The fourth-order valence-electron chi connectivity index (χ4n) is 1.77. The molecule has 84 valence electrons. The van der Waals surface area contributed by atoms with Gasteiger partial charge in [-0.1, -0.05) is 28.9 Å². The number of nitrogen functional groups attached to an aromatic ring is 1. The van der Waals surface area contributed by atoms with Crippen molar-refractivity contribution in [2.45, 2.75) is 13.3 Å². The molecule has 0 atom stereocenters. The molecule has 0 amide bonds. The molecule has 0 saturated carbocycles. The van der Waals surface area contributed by atoms with Crippen molar-refractivity contribution < 1.29 is 0 Å². The zero-order valence-corrected chi connectivity index (χ0v) is 11.0. The minimum atomic E-state index is 0.706. The van der Waals surface area contributed by atoms with E-state index in [4.69, 9.17) is 5.73 Å². The van der Waals surface area contributed by atoms with E-state index in [1.165, 1.54) is 5.56 Å². The molecule has 4 heteroatoms. The third-order valence-electron chi connectivity index (χ3n) is 2.72. The molecule has 2 aromatic rings. The molecule has 0 bridgehead atoms. The van der Waals surface area contributed by atoms with Gasteiger partial charge in [-0.25, -0.2) is 0 Å². The van der Waals surface area contributed by atoms with Crippen molar-refractivity contribution in [3.63, 3.8) is 0 Å². The van der Waals surface area contributed by atoms with Gasteiger partial charge < -0.3 is 5.73 Å². The average molecular weight is 280 g/mol. The molecular formula is C12H14BrN3. The van der Waals surface area contributed by atoms with E-state index in [0.29, 0.717) is 5.82 Å². The smallest absolute Gasteiger partial charge is 0.129 e. The van der Waals surface area contributed by atoms with Gasteiger partial charge in [0.2, 0.25) is 0 Å². The largest absolute Gasteiger partial charge is 0.383 e. The highest BCUT2D eigenvalue weighted by Crippen LogP contribution is 2.30. The Labute approximate surface area is 103 Å². The standard InChI is InChI=1S/C12H14BrN3/c1-3-8-6-9(13)4-5-10(8)11-7-15-16(2)12(11)14/h4-7H,3,14H2,1-2H3. The monoisotopic (exact) mass is 279 g/mol. The zero-order valence-electron chi connectivity index (χ0n) is 9.37. The van der Waals surface area contributed by atoms with Crippen molar-refractivity contribution in [3.8, 4) is 11.1 Å². The van der Waals surface area contributed by atoms with Crippen molar-refractivity contribution in [3.05, 3.63) is 34.4 Å². The highest BCUT2D eigenvalue weighted by molar-refractivity contribution is 9.10. The maximum absolute atomic E-state index is 5.99. The fourth-order valence-corrected chi connectivity index (χ4v) is 2.18. The SMILES string of the molecule is CCc1cc(Br)ccc1-c1cnn(C)c1N. The predicted molar refractivity (Wildman–Crippen MR) is 70.1 cm³/mol. The zero-order chi connectivity index (χ0) is 11.7. The summed E-state index contributed by atoms with van der Waals surface area (Å²) in [7, 11) is 1.85. The summed E-state index contributed by atoms with van der Waals surface area (Å²) in [5, 5.41) is 4.17. The Bertz CT molecular complexity index is 517. The molecule has 2 rings (SSSR count). The number of nitrogens with two attached hydrogens (primary N) is 1. The number of hydrogen-bond donors (Lipinski definition) is 1. The average Bonchev–Trinajstić information content (AvgIpc) is 2.60. The number of aryl methyl sites for hydroxylation is 2. The molecule has 0 fully saturated rings. The molecule has 0 radical (unpaired) electrons. The van der Waals surface area contributed by atoms with Crippen LogP contribution < -0.4 is 5.73 Å². The number of halogens is 1. The predicted octanol–water partition coefficient (Wildman–Crippen LogP) is 2.99. The summed E-state index contributed by atoms with van der Waals surface area (Å²) in [6.45, 7) is 2.14. The van der Waals surface area contributed by atoms with Crippen molar-refractivity contribution in [2.24, 2.45) is 7.05 Å². The van der Waals surface area contributed by atoms with Gasteiger partial charge in [0.05, 0.1) is 6.20 Å². The van der Waals surface area contributed by atoms with E-state index in [9.17, 15) is 0 Å². The van der Waals surface area contributed by atoms with Gasteiger partial charge in [-0.15, -0.1) is 0 Å². The van der Waals surface area contributed by atoms with Crippen LogP contribution in [0.25, 0.3) is 11.1 Å². The Morgan fingerprint density at radius 2 is 2.12 bits per heavy atom. The molecule has 1 aromatic carbocycles. The van der Waals surface area contributed by atoms with Crippen LogP contribution in [0, 0.1) is 0 Å². The van der Waals surface area contributed by atoms with Crippen LogP contribution in [-0.4, -0.2) is 9.78 Å². The van der Waals surface area contributed by atoms with Gasteiger partial charge in [-0.05, 0) is 29.7 Å². The van der Waals surface area contributed by atoms with E-state index >= 15 is 0 Å². The first-order valence-corrected chi connectivity index (χ1v) is 5.99. The highest BCUT2D eigenvalue weighted by Gasteiger charge is 2.10. The molecule has 0 aliphatic heterocycles. The summed E-state index contributed by atoms with van der Waals surface area (Å²) in [5.74, 6) is 0.706. The Kier molecular flexibility index (Phi) is 3.01. The van der Waals surface area contributed by atoms with Gasteiger partial charge in [0, 0.05) is 17.1 Å². The molecule has 0 spiro atoms. The molecule has 3 nitrogen and oxygen atoms in total. The highest BCUT2D eigenvalue weighted by atomic mass is 79.9. The van der Waals surface area contributed by atoms with Gasteiger partial charge in [-0.2, -0.15) is 5.10 Å². The summed E-state index contributed by atoms with van der Waals surface area (Å²) >= 11 is 3.48. The lowest BCUT2D eigenvalue weighted by molar-refractivity contribution is 0.779. The molecular weight excluding hydrogens is 266 g/mol. The first-order valence-electron chi connectivity index (χ1n) is 5.19. The quantitative estimate of drug-likeness (QED) is 0.919. The molecule has 2 N–H and O–H groups in total. The topological polar surface area (TPSA) is 43.8 Å². The minimum Gasteiger partial charge on any atom is -0.383 e. The van der Waals surface area contributed by atoms with Crippen molar-refractivity contribution in [1.29, 1.82) is 0 Å². The maximum Gasteiger partial charge on any atom is 0.129 e.